The Kier molecular flexibility index (Phi) is 10.7. The SMILES string of the molecule is COc1ccc(OCCCCOc2ccc(CCc3cccc4c3OC(C(=O)O)CN4CCCC(=O)O)cc2)cc1. The van der Waals surface area contributed by atoms with Gasteiger partial charge in [-0.15, -0.1) is 0 Å². The van der Waals surface area contributed by atoms with Crippen molar-refractivity contribution in [2.45, 2.75) is 44.6 Å². The summed E-state index contributed by atoms with van der Waals surface area (Å²) in [6, 6.07) is 21.3. The van der Waals surface area contributed by atoms with Gasteiger partial charge in [0, 0.05) is 13.0 Å². The fourth-order valence-electron chi connectivity index (χ4n) is 4.68. The fourth-order valence-corrected chi connectivity index (χ4v) is 4.68. The molecule has 0 aliphatic carbocycles. The van der Waals surface area contributed by atoms with Crippen molar-refractivity contribution in [3.8, 4) is 23.0 Å². The van der Waals surface area contributed by atoms with Crippen LogP contribution in [-0.4, -0.2) is 61.7 Å². The molecule has 1 unspecified atom stereocenters. The van der Waals surface area contributed by atoms with Gasteiger partial charge in [-0.05, 0) is 85.7 Å². The third-order valence-electron chi connectivity index (χ3n) is 6.90. The molecular weight excluding hydrogens is 526 g/mol. The number of carboxylic acids is 2. The minimum atomic E-state index is -1.03. The molecule has 4 rings (SSSR count). The van der Waals surface area contributed by atoms with Crippen LogP contribution in [0.25, 0.3) is 0 Å². The molecule has 0 saturated heterocycles. The number of ether oxygens (including phenoxy) is 4. The van der Waals surface area contributed by atoms with Crippen molar-refractivity contribution in [2.75, 3.05) is 38.3 Å². The predicted octanol–water partition coefficient (Wildman–Crippen LogP) is 5.24. The molecule has 1 aliphatic heterocycles. The van der Waals surface area contributed by atoms with Crippen LogP contribution in [0.1, 0.15) is 36.8 Å². The zero-order valence-corrected chi connectivity index (χ0v) is 23.3. The van der Waals surface area contributed by atoms with E-state index in [-0.39, 0.29) is 13.0 Å². The van der Waals surface area contributed by atoms with Gasteiger partial charge in [-0.3, -0.25) is 4.79 Å². The number of anilines is 1. The van der Waals surface area contributed by atoms with E-state index in [1.807, 2.05) is 71.6 Å². The van der Waals surface area contributed by atoms with E-state index in [0.29, 0.717) is 38.3 Å². The van der Waals surface area contributed by atoms with Crippen LogP contribution in [0.4, 0.5) is 5.69 Å². The molecule has 0 saturated carbocycles. The van der Waals surface area contributed by atoms with Crippen molar-refractivity contribution in [1.29, 1.82) is 0 Å². The first kappa shape index (κ1) is 29.6. The van der Waals surface area contributed by atoms with Gasteiger partial charge in [0.25, 0.3) is 0 Å². The molecule has 0 bridgehead atoms. The van der Waals surface area contributed by atoms with Crippen molar-refractivity contribution in [2.24, 2.45) is 0 Å². The summed E-state index contributed by atoms with van der Waals surface area (Å²) in [4.78, 5) is 24.6. The first-order valence-electron chi connectivity index (χ1n) is 13.9. The van der Waals surface area contributed by atoms with Crippen LogP contribution in [0, 0.1) is 0 Å². The smallest absolute Gasteiger partial charge is 0.346 e. The maximum Gasteiger partial charge on any atom is 0.346 e. The van der Waals surface area contributed by atoms with E-state index in [4.69, 9.17) is 24.1 Å². The third kappa shape index (κ3) is 8.79. The molecule has 0 spiro atoms. The molecule has 3 aromatic carbocycles. The van der Waals surface area contributed by atoms with Crippen LogP contribution in [0.15, 0.2) is 66.7 Å². The minimum absolute atomic E-state index is 0.0306. The Morgan fingerprint density at radius 3 is 2.10 bits per heavy atom. The van der Waals surface area contributed by atoms with Gasteiger partial charge in [-0.1, -0.05) is 24.3 Å². The normalized spacial score (nSPS) is 14.1. The van der Waals surface area contributed by atoms with Crippen LogP contribution in [-0.2, 0) is 22.4 Å². The maximum atomic E-state index is 11.8. The standard InChI is InChI=1S/C32H37NO8/c1-38-25-15-17-27(18-16-25)40-21-3-2-20-39-26-13-10-23(11-14-26)9-12-24-6-4-7-28-31(24)41-29(32(36)37)22-33(28)19-5-8-30(34)35/h4,6-7,10-11,13-18,29H,2-3,5,8-9,12,19-22H2,1H3,(H,34,35)(H,36,37). The Balaban J connectivity index is 1.24. The summed E-state index contributed by atoms with van der Waals surface area (Å²) in [6.07, 6.45) is 2.64. The number of nitrogens with zero attached hydrogens (tertiary/aromatic N) is 1. The molecule has 9 nitrogen and oxygen atoms in total. The zero-order chi connectivity index (χ0) is 29.0. The molecule has 0 amide bonds. The second-order valence-corrected chi connectivity index (χ2v) is 9.88. The number of benzene rings is 3. The molecule has 1 aliphatic rings. The van der Waals surface area contributed by atoms with E-state index in [1.165, 1.54) is 0 Å². The Morgan fingerprint density at radius 2 is 1.49 bits per heavy atom. The van der Waals surface area contributed by atoms with Crippen molar-refractivity contribution in [3.05, 3.63) is 77.9 Å². The second kappa shape index (κ2) is 14.8. The summed E-state index contributed by atoms with van der Waals surface area (Å²) >= 11 is 0. The van der Waals surface area contributed by atoms with Crippen LogP contribution in [0.3, 0.4) is 0 Å². The Bertz CT molecular complexity index is 1280. The number of carboxylic acid groups (broad SMARTS) is 2. The molecule has 0 radical (unpaired) electrons. The number of aryl methyl sites for hydroxylation is 2. The summed E-state index contributed by atoms with van der Waals surface area (Å²) in [5.74, 6) is 1.10. The largest absolute Gasteiger partial charge is 0.497 e. The van der Waals surface area contributed by atoms with E-state index >= 15 is 0 Å². The van der Waals surface area contributed by atoms with Crippen LogP contribution >= 0.6 is 0 Å². The van der Waals surface area contributed by atoms with Gasteiger partial charge in [0.05, 0.1) is 32.6 Å². The number of methoxy groups -OCH3 is 1. The Labute approximate surface area is 240 Å². The molecule has 9 heteroatoms. The number of para-hydroxylation sites is 1. The van der Waals surface area contributed by atoms with Crippen LogP contribution in [0.5, 0.6) is 23.0 Å². The lowest BCUT2D eigenvalue weighted by Crippen LogP contribution is -2.45. The second-order valence-electron chi connectivity index (χ2n) is 9.88. The van der Waals surface area contributed by atoms with Crippen LogP contribution < -0.4 is 23.8 Å². The van der Waals surface area contributed by atoms with E-state index < -0.39 is 18.0 Å². The summed E-state index contributed by atoms with van der Waals surface area (Å²) in [5.41, 5.74) is 2.86. The first-order chi connectivity index (χ1) is 19.9. The van der Waals surface area contributed by atoms with Crippen LogP contribution in [0.2, 0.25) is 0 Å². The Morgan fingerprint density at radius 1 is 0.854 bits per heavy atom. The first-order valence-corrected chi connectivity index (χ1v) is 13.9. The van der Waals surface area contributed by atoms with Gasteiger partial charge in [0.2, 0.25) is 6.10 Å². The summed E-state index contributed by atoms with van der Waals surface area (Å²) in [5, 5.41) is 18.6. The Hall–Kier alpha value is -4.40. The fraction of sp³-hybridized carbons (Fsp3) is 0.375. The number of unbranched alkanes of at least 4 members (excludes halogenated alkanes) is 1. The van der Waals surface area contributed by atoms with Gasteiger partial charge in [0.1, 0.15) is 23.0 Å². The van der Waals surface area contributed by atoms with E-state index in [0.717, 1.165) is 53.3 Å². The molecule has 1 atom stereocenters. The topological polar surface area (TPSA) is 115 Å². The average molecular weight is 564 g/mol. The van der Waals surface area contributed by atoms with Crippen molar-refractivity contribution < 1.29 is 38.7 Å². The molecule has 0 aromatic heterocycles. The predicted molar refractivity (Wildman–Crippen MR) is 155 cm³/mol. The van der Waals surface area contributed by atoms with Gasteiger partial charge in [0.15, 0.2) is 0 Å². The highest BCUT2D eigenvalue weighted by atomic mass is 16.5. The van der Waals surface area contributed by atoms with Crippen molar-refractivity contribution in [3.63, 3.8) is 0 Å². The molecular formula is C32H37NO8. The summed E-state index contributed by atoms with van der Waals surface area (Å²) in [6.45, 7) is 1.86. The van der Waals surface area contributed by atoms with Gasteiger partial charge >= 0.3 is 11.9 Å². The number of rotatable bonds is 16. The van der Waals surface area contributed by atoms with E-state index in [2.05, 4.69) is 0 Å². The number of carbonyl (C=O) groups is 2. The number of hydrogen-bond acceptors (Lipinski definition) is 7. The van der Waals surface area contributed by atoms with E-state index in [9.17, 15) is 14.7 Å². The molecule has 1 heterocycles. The van der Waals surface area contributed by atoms with Gasteiger partial charge < -0.3 is 34.1 Å². The highest BCUT2D eigenvalue weighted by Crippen LogP contribution is 2.37. The minimum Gasteiger partial charge on any atom is -0.497 e. The lowest BCUT2D eigenvalue weighted by molar-refractivity contribution is -0.145. The highest BCUT2D eigenvalue weighted by molar-refractivity contribution is 5.77. The van der Waals surface area contributed by atoms with Crippen molar-refractivity contribution >= 4 is 17.6 Å². The lowest BCUT2D eigenvalue weighted by atomic mass is 10.0. The summed E-state index contributed by atoms with van der Waals surface area (Å²) < 4.78 is 22.7. The quantitative estimate of drug-likeness (QED) is 0.226. The molecule has 218 valence electrons. The lowest BCUT2D eigenvalue weighted by Gasteiger charge is -2.35. The van der Waals surface area contributed by atoms with Gasteiger partial charge in [-0.25, -0.2) is 4.79 Å². The number of hydrogen-bond donors (Lipinski definition) is 2. The van der Waals surface area contributed by atoms with Gasteiger partial charge in [-0.2, -0.15) is 0 Å². The maximum absolute atomic E-state index is 11.8. The zero-order valence-electron chi connectivity index (χ0n) is 23.3. The monoisotopic (exact) mass is 563 g/mol. The third-order valence-corrected chi connectivity index (χ3v) is 6.90. The number of fused-ring (bicyclic) bond motifs is 1. The highest BCUT2D eigenvalue weighted by Gasteiger charge is 2.31. The molecule has 2 N–H and O–H groups in total. The number of aliphatic carboxylic acids is 2. The average Bonchev–Trinajstić information content (AvgIpc) is 2.98. The molecule has 41 heavy (non-hydrogen) atoms. The summed E-state index contributed by atoms with van der Waals surface area (Å²) in [7, 11) is 1.64. The van der Waals surface area contributed by atoms with E-state index in [1.54, 1.807) is 7.11 Å². The molecule has 0 fully saturated rings. The van der Waals surface area contributed by atoms with Crippen molar-refractivity contribution in [1.82, 2.24) is 0 Å². The molecule has 3 aromatic rings.